The van der Waals surface area contributed by atoms with E-state index in [4.69, 9.17) is 9.47 Å². The SMILES string of the molecule is COc1cc2ncnc(Nc3ccc(Oc4ccccc4)cc3)c2cc1CC(=O)/C=C/CN(C)C. The predicted octanol–water partition coefficient (Wildman–Crippen LogP) is 5.40. The van der Waals surface area contributed by atoms with Crippen molar-refractivity contribution in [2.45, 2.75) is 6.42 Å². The summed E-state index contributed by atoms with van der Waals surface area (Å²) in [7, 11) is 5.51. The second kappa shape index (κ2) is 11.3. The Balaban J connectivity index is 1.55. The van der Waals surface area contributed by atoms with Crippen LogP contribution in [0.2, 0.25) is 0 Å². The molecule has 1 heterocycles. The van der Waals surface area contributed by atoms with Gasteiger partial charge < -0.3 is 19.7 Å². The molecule has 35 heavy (non-hydrogen) atoms. The molecule has 0 radical (unpaired) electrons. The number of para-hydroxylation sites is 1. The Kier molecular flexibility index (Phi) is 7.70. The molecule has 0 atom stereocenters. The van der Waals surface area contributed by atoms with Crippen LogP contribution in [0.4, 0.5) is 11.5 Å². The molecule has 0 aliphatic carbocycles. The largest absolute Gasteiger partial charge is 0.496 e. The van der Waals surface area contributed by atoms with Gasteiger partial charge in [-0.05, 0) is 62.6 Å². The second-order valence-corrected chi connectivity index (χ2v) is 8.28. The van der Waals surface area contributed by atoms with Crippen molar-refractivity contribution >= 4 is 28.2 Å². The fourth-order valence-corrected chi connectivity index (χ4v) is 3.57. The molecule has 0 fully saturated rings. The molecule has 3 aromatic carbocycles. The summed E-state index contributed by atoms with van der Waals surface area (Å²) in [5.41, 5.74) is 2.36. The molecule has 0 aliphatic rings. The number of nitrogens with zero attached hydrogens (tertiary/aromatic N) is 3. The van der Waals surface area contributed by atoms with Crippen molar-refractivity contribution in [3.63, 3.8) is 0 Å². The maximum atomic E-state index is 12.5. The molecule has 0 spiro atoms. The van der Waals surface area contributed by atoms with Crippen LogP contribution in [0.1, 0.15) is 5.56 Å². The van der Waals surface area contributed by atoms with Crippen molar-refractivity contribution in [2.24, 2.45) is 0 Å². The van der Waals surface area contributed by atoms with Crippen molar-refractivity contribution < 1.29 is 14.3 Å². The fraction of sp³-hybridized carbons (Fsp3) is 0.179. The van der Waals surface area contributed by atoms with Gasteiger partial charge in [-0.1, -0.05) is 24.3 Å². The minimum Gasteiger partial charge on any atom is -0.496 e. The zero-order chi connectivity index (χ0) is 24.6. The third-order valence-electron chi connectivity index (χ3n) is 5.27. The fourth-order valence-electron chi connectivity index (χ4n) is 3.57. The van der Waals surface area contributed by atoms with Crippen molar-refractivity contribution in [2.75, 3.05) is 33.1 Å². The van der Waals surface area contributed by atoms with Crippen LogP contribution in [0.5, 0.6) is 17.2 Å². The molecule has 4 aromatic rings. The number of hydrogen-bond acceptors (Lipinski definition) is 7. The van der Waals surface area contributed by atoms with Gasteiger partial charge in [0, 0.05) is 35.7 Å². The van der Waals surface area contributed by atoms with E-state index in [9.17, 15) is 4.79 Å². The van der Waals surface area contributed by atoms with Crippen LogP contribution in [-0.2, 0) is 11.2 Å². The van der Waals surface area contributed by atoms with Gasteiger partial charge in [0.15, 0.2) is 5.78 Å². The number of hydrogen-bond donors (Lipinski definition) is 1. The highest BCUT2D eigenvalue weighted by molar-refractivity contribution is 5.96. The van der Waals surface area contributed by atoms with Crippen LogP contribution >= 0.6 is 0 Å². The number of aromatic nitrogens is 2. The highest BCUT2D eigenvalue weighted by atomic mass is 16.5. The highest BCUT2D eigenvalue weighted by Gasteiger charge is 2.13. The van der Waals surface area contributed by atoms with Crippen LogP contribution in [0.25, 0.3) is 10.9 Å². The Hall–Kier alpha value is -4.23. The lowest BCUT2D eigenvalue weighted by Gasteiger charge is -2.13. The first-order valence-electron chi connectivity index (χ1n) is 11.3. The smallest absolute Gasteiger partial charge is 0.159 e. The molecule has 0 aliphatic heterocycles. The van der Waals surface area contributed by atoms with E-state index in [1.165, 1.54) is 6.33 Å². The summed E-state index contributed by atoms with van der Waals surface area (Å²) in [4.78, 5) is 23.3. The molecule has 1 aromatic heterocycles. The molecule has 0 amide bonds. The van der Waals surface area contributed by atoms with Gasteiger partial charge in [-0.2, -0.15) is 0 Å². The van der Waals surface area contributed by atoms with Gasteiger partial charge in [-0.15, -0.1) is 0 Å². The first-order chi connectivity index (χ1) is 17.0. The van der Waals surface area contributed by atoms with Crippen LogP contribution in [-0.4, -0.2) is 48.4 Å². The summed E-state index contributed by atoms with van der Waals surface area (Å²) in [6.07, 6.45) is 5.20. The van der Waals surface area contributed by atoms with Gasteiger partial charge >= 0.3 is 0 Å². The third-order valence-corrected chi connectivity index (χ3v) is 5.27. The Labute approximate surface area is 205 Å². The van der Waals surface area contributed by atoms with E-state index >= 15 is 0 Å². The van der Waals surface area contributed by atoms with Crippen molar-refractivity contribution in [3.05, 3.63) is 90.8 Å². The third kappa shape index (κ3) is 6.43. The lowest BCUT2D eigenvalue weighted by molar-refractivity contribution is -0.114. The molecule has 0 saturated heterocycles. The number of likely N-dealkylation sites (N-methyl/N-ethyl adjacent to an activating group) is 1. The molecule has 0 unspecified atom stereocenters. The summed E-state index contributed by atoms with van der Waals surface area (Å²) in [5.74, 6) is 2.79. The lowest BCUT2D eigenvalue weighted by Crippen LogP contribution is -2.11. The average molecular weight is 469 g/mol. The standard InChI is InChI=1S/C28H28N4O3/c1-32(2)15-7-8-22(33)16-20-17-25-26(18-27(20)34-3)29-19-30-28(25)31-21-11-13-24(14-12-21)35-23-9-5-4-6-10-23/h4-14,17-19H,15-16H2,1-3H3,(H,29,30,31)/b8-7+. The van der Waals surface area contributed by atoms with E-state index in [1.807, 2.05) is 91.8 Å². The number of allylic oxidation sites excluding steroid dienone is 1. The number of ether oxygens (including phenoxy) is 2. The van der Waals surface area contributed by atoms with Crippen molar-refractivity contribution in [1.29, 1.82) is 0 Å². The second-order valence-electron chi connectivity index (χ2n) is 8.28. The topological polar surface area (TPSA) is 76.6 Å². The lowest BCUT2D eigenvalue weighted by atomic mass is 10.0. The Morgan fingerprint density at radius 1 is 1.00 bits per heavy atom. The number of carbonyl (C=O) groups excluding carboxylic acids is 1. The molecule has 4 rings (SSSR count). The molecule has 7 heteroatoms. The number of nitrogens with one attached hydrogen (secondary N) is 1. The number of fused-ring (bicyclic) bond motifs is 1. The first kappa shape index (κ1) is 23.9. The molecular formula is C28H28N4O3. The van der Waals surface area contributed by atoms with Gasteiger partial charge in [-0.25, -0.2) is 9.97 Å². The molecule has 178 valence electrons. The molecule has 7 nitrogen and oxygen atoms in total. The van der Waals surface area contributed by atoms with Crippen LogP contribution < -0.4 is 14.8 Å². The van der Waals surface area contributed by atoms with E-state index < -0.39 is 0 Å². The van der Waals surface area contributed by atoms with E-state index in [0.29, 0.717) is 18.1 Å². The summed E-state index contributed by atoms with van der Waals surface area (Å²) in [6, 6.07) is 21.0. The van der Waals surface area contributed by atoms with E-state index in [1.54, 1.807) is 13.2 Å². The minimum absolute atomic E-state index is 0.00450. The number of ketones is 1. The quantitative estimate of drug-likeness (QED) is 0.312. The number of benzene rings is 3. The number of methoxy groups -OCH3 is 1. The van der Waals surface area contributed by atoms with Crippen molar-refractivity contribution in [3.8, 4) is 17.2 Å². The average Bonchev–Trinajstić information content (AvgIpc) is 2.85. The van der Waals surface area contributed by atoms with Gasteiger partial charge in [0.25, 0.3) is 0 Å². The number of rotatable bonds is 10. The van der Waals surface area contributed by atoms with Crippen molar-refractivity contribution in [1.82, 2.24) is 14.9 Å². The molecular weight excluding hydrogens is 440 g/mol. The number of carbonyl (C=O) groups is 1. The highest BCUT2D eigenvalue weighted by Crippen LogP contribution is 2.31. The predicted molar refractivity (Wildman–Crippen MR) is 139 cm³/mol. The maximum absolute atomic E-state index is 12.5. The van der Waals surface area contributed by atoms with Crippen LogP contribution in [0.15, 0.2) is 85.2 Å². The minimum atomic E-state index is 0.00450. The zero-order valence-electron chi connectivity index (χ0n) is 20.1. The van der Waals surface area contributed by atoms with Gasteiger partial charge in [0.1, 0.15) is 29.4 Å². The maximum Gasteiger partial charge on any atom is 0.159 e. The Bertz CT molecular complexity index is 1320. The van der Waals surface area contributed by atoms with Crippen LogP contribution in [0.3, 0.4) is 0 Å². The first-order valence-corrected chi connectivity index (χ1v) is 11.3. The Morgan fingerprint density at radius 3 is 2.46 bits per heavy atom. The monoisotopic (exact) mass is 468 g/mol. The summed E-state index contributed by atoms with van der Waals surface area (Å²) >= 11 is 0. The van der Waals surface area contributed by atoms with E-state index in [-0.39, 0.29) is 12.2 Å². The van der Waals surface area contributed by atoms with Gasteiger partial charge in [0.05, 0.1) is 12.6 Å². The summed E-state index contributed by atoms with van der Waals surface area (Å²) < 4.78 is 11.4. The Morgan fingerprint density at radius 2 is 1.74 bits per heavy atom. The summed E-state index contributed by atoms with van der Waals surface area (Å²) in [6.45, 7) is 0.706. The van der Waals surface area contributed by atoms with E-state index in [2.05, 4.69) is 15.3 Å². The number of anilines is 2. The zero-order valence-corrected chi connectivity index (χ0v) is 20.1. The molecule has 0 bridgehead atoms. The molecule has 0 saturated carbocycles. The molecule has 1 N–H and O–H groups in total. The van der Waals surface area contributed by atoms with E-state index in [0.717, 1.165) is 33.7 Å². The van der Waals surface area contributed by atoms with Gasteiger partial charge in [-0.3, -0.25) is 4.79 Å². The van der Waals surface area contributed by atoms with Gasteiger partial charge in [0.2, 0.25) is 0 Å². The normalized spacial score (nSPS) is 11.2. The van der Waals surface area contributed by atoms with Crippen LogP contribution in [0, 0.1) is 0 Å². The summed E-state index contributed by atoms with van der Waals surface area (Å²) in [5, 5.41) is 4.15.